The van der Waals surface area contributed by atoms with E-state index in [9.17, 15) is 14.4 Å². The predicted molar refractivity (Wildman–Crippen MR) is 121 cm³/mol. The zero-order valence-corrected chi connectivity index (χ0v) is 18.7. The van der Waals surface area contributed by atoms with Crippen molar-refractivity contribution >= 4 is 34.9 Å². The summed E-state index contributed by atoms with van der Waals surface area (Å²) in [5, 5.41) is 8.34. The SMILES string of the molecule is Cc1nc(-c2cccc(NC(=O)CN3C(=O)N[C@](C)(c4ccc5c(c4)OCO5)C3=O)c2)cs1. The van der Waals surface area contributed by atoms with Crippen LogP contribution >= 0.6 is 11.3 Å². The Morgan fingerprint density at radius 2 is 2.03 bits per heavy atom. The molecule has 0 radical (unpaired) electrons. The van der Waals surface area contributed by atoms with E-state index in [1.165, 1.54) is 0 Å². The van der Waals surface area contributed by atoms with Crippen molar-refractivity contribution in [3.8, 4) is 22.8 Å². The summed E-state index contributed by atoms with van der Waals surface area (Å²) in [6.45, 7) is 3.22. The number of anilines is 1. The van der Waals surface area contributed by atoms with Gasteiger partial charge in [-0.25, -0.2) is 9.78 Å². The lowest BCUT2D eigenvalue weighted by atomic mass is 9.91. The lowest BCUT2D eigenvalue weighted by molar-refractivity contribution is -0.133. The summed E-state index contributed by atoms with van der Waals surface area (Å²) in [5.74, 6) is 0.0702. The van der Waals surface area contributed by atoms with Crippen molar-refractivity contribution < 1.29 is 23.9 Å². The molecular weight excluding hydrogens is 444 g/mol. The quantitative estimate of drug-likeness (QED) is 0.561. The van der Waals surface area contributed by atoms with Gasteiger partial charge in [0, 0.05) is 16.6 Å². The summed E-state index contributed by atoms with van der Waals surface area (Å²) < 4.78 is 10.7. The number of nitrogens with one attached hydrogen (secondary N) is 2. The Balaban J connectivity index is 1.30. The molecule has 0 saturated carbocycles. The monoisotopic (exact) mass is 464 g/mol. The predicted octanol–water partition coefficient (Wildman–Crippen LogP) is 3.25. The van der Waals surface area contributed by atoms with Gasteiger partial charge in [-0.2, -0.15) is 0 Å². The first-order chi connectivity index (χ1) is 15.8. The molecule has 4 amide bonds. The first kappa shape index (κ1) is 21.0. The number of carbonyl (C=O) groups excluding carboxylic acids is 3. The van der Waals surface area contributed by atoms with Gasteiger partial charge in [0.15, 0.2) is 11.5 Å². The van der Waals surface area contributed by atoms with E-state index in [1.54, 1.807) is 48.6 Å². The van der Waals surface area contributed by atoms with Crippen molar-refractivity contribution in [2.24, 2.45) is 0 Å². The van der Waals surface area contributed by atoms with E-state index < -0.39 is 29.9 Å². The molecule has 1 saturated heterocycles. The van der Waals surface area contributed by atoms with Gasteiger partial charge >= 0.3 is 6.03 Å². The van der Waals surface area contributed by atoms with Crippen LogP contribution in [0.2, 0.25) is 0 Å². The minimum atomic E-state index is -1.32. The van der Waals surface area contributed by atoms with Crippen LogP contribution in [0.4, 0.5) is 10.5 Å². The maximum Gasteiger partial charge on any atom is 0.325 e. The number of aromatic nitrogens is 1. The summed E-state index contributed by atoms with van der Waals surface area (Å²) in [6.07, 6.45) is 0. The molecule has 1 fully saturated rings. The van der Waals surface area contributed by atoms with Gasteiger partial charge in [0.05, 0.1) is 10.7 Å². The maximum absolute atomic E-state index is 13.2. The van der Waals surface area contributed by atoms with Gasteiger partial charge < -0.3 is 20.1 Å². The molecule has 1 aromatic heterocycles. The summed E-state index contributed by atoms with van der Waals surface area (Å²) in [5.41, 5.74) is 1.46. The zero-order chi connectivity index (χ0) is 23.2. The molecule has 3 heterocycles. The van der Waals surface area contributed by atoms with Crippen molar-refractivity contribution in [2.75, 3.05) is 18.7 Å². The molecule has 0 bridgehead atoms. The third-order valence-corrected chi connectivity index (χ3v) is 6.36. The van der Waals surface area contributed by atoms with Gasteiger partial charge in [0.2, 0.25) is 12.7 Å². The van der Waals surface area contributed by atoms with E-state index in [4.69, 9.17) is 9.47 Å². The van der Waals surface area contributed by atoms with Gasteiger partial charge in [0.1, 0.15) is 12.1 Å². The molecule has 33 heavy (non-hydrogen) atoms. The molecule has 0 unspecified atom stereocenters. The normalized spacial score (nSPS) is 19.0. The van der Waals surface area contributed by atoms with E-state index in [0.29, 0.717) is 22.7 Å². The molecule has 2 N–H and O–H groups in total. The number of amides is 4. The van der Waals surface area contributed by atoms with E-state index in [2.05, 4.69) is 15.6 Å². The van der Waals surface area contributed by atoms with Crippen LogP contribution in [-0.2, 0) is 15.1 Å². The number of ether oxygens (including phenoxy) is 2. The molecule has 0 spiro atoms. The Morgan fingerprint density at radius 1 is 1.21 bits per heavy atom. The summed E-state index contributed by atoms with van der Waals surface area (Å²) in [4.78, 5) is 43.8. The van der Waals surface area contributed by atoms with Gasteiger partial charge in [-0.3, -0.25) is 14.5 Å². The van der Waals surface area contributed by atoms with Crippen molar-refractivity contribution in [2.45, 2.75) is 19.4 Å². The Morgan fingerprint density at radius 3 is 2.82 bits per heavy atom. The van der Waals surface area contributed by atoms with Crippen molar-refractivity contribution in [3.63, 3.8) is 0 Å². The highest BCUT2D eigenvalue weighted by molar-refractivity contribution is 7.09. The fourth-order valence-corrected chi connectivity index (χ4v) is 4.46. The number of benzene rings is 2. The van der Waals surface area contributed by atoms with Crippen molar-refractivity contribution in [1.82, 2.24) is 15.2 Å². The summed E-state index contributed by atoms with van der Waals surface area (Å²) in [7, 11) is 0. The van der Waals surface area contributed by atoms with Crippen LogP contribution < -0.4 is 20.1 Å². The second-order valence-electron chi connectivity index (χ2n) is 7.90. The van der Waals surface area contributed by atoms with Gasteiger partial charge in [-0.15, -0.1) is 11.3 Å². The Labute approximate surface area is 193 Å². The van der Waals surface area contributed by atoms with Gasteiger partial charge in [0.25, 0.3) is 5.91 Å². The number of carbonyl (C=O) groups is 3. The van der Waals surface area contributed by atoms with E-state index >= 15 is 0 Å². The first-order valence-electron chi connectivity index (χ1n) is 10.2. The number of urea groups is 1. The average Bonchev–Trinajstić information content (AvgIpc) is 3.49. The average molecular weight is 465 g/mol. The Hall–Kier alpha value is -3.92. The second kappa shape index (κ2) is 7.89. The largest absolute Gasteiger partial charge is 0.454 e. The third-order valence-electron chi connectivity index (χ3n) is 5.59. The highest BCUT2D eigenvalue weighted by Gasteiger charge is 2.49. The number of rotatable bonds is 5. The summed E-state index contributed by atoms with van der Waals surface area (Å²) in [6, 6.07) is 11.7. The zero-order valence-electron chi connectivity index (χ0n) is 17.9. The van der Waals surface area contributed by atoms with E-state index in [-0.39, 0.29) is 6.79 Å². The Bertz CT molecular complexity index is 1290. The Kier molecular flexibility index (Phi) is 5.01. The molecule has 2 aliphatic heterocycles. The maximum atomic E-state index is 13.2. The highest BCUT2D eigenvalue weighted by Crippen LogP contribution is 2.37. The van der Waals surface area contributed by atoms with E-state index in [0.717, 1.165) is 21.2 Å². The number of hydrogen-bond acceptors (Lipinski definition) is 7. The first-order valence-corrected chi connectivity index (χ1v) is 11.1. The van der Waals surface area contributed by atoms with Crippen molar-refractivity contribution in [3.05, 3.63) is 58.4 Å². The van der Waals surface area contributed by atoms with Crippen LogP contribution in [-0.4, -0.2) is 41.1 Å². The number of thiazole rings is 1. The number of fused-ring (bicyclic) bond motifs is 1. The number of hydrogen-bond donors (Lipinski definition) is 2. The molecule has 9 nitrogen and oxygen atoms in total. The molecule has 2 aromatic carbocycles. The minimum Gasteiger partial charge on any atom is -0.454 e. The van der Waals surface area contributed by atoms with Gasteiger partial charge in [-0.1, -0.05) is 18.2 Å². The van der Waals surface area contributed by atoms with Crippen molar-refractivity contribution in [1.29, 1.82) is 0 Å². The molecule has 5 rings (SSSR count). The molecule has 2 aliphatic rings. The second-order valence-corrected chi connectivity index (χ2v) is 8.96. The van der Waals surface area contributed by atoms with Crippen LogP contribution in [0.1, 0.15) is 17.5 Å². The van der Waals surface area contributed by atoms with Crippen LogP contribution in [0.5, 0.6) is 11.5 Å². The molecule has 10 heteroatoms. The fraction of sp³-hybridized carbons (Fsp3) is 0.217. The number of imide groups is 1. The molecule has 0 aliphatic carbocycles. The topological polar surface area (TPSA) is 110 Å². The van der Waals surface area contributed by atoms with Gasteiger partial charge in [-0.05, 0) is 43.7 Å². The lowest BCUT2D eigenvalue weighted by Gasteiger charge is -2.22. The molecule has 3 aromatic rings. The molecule has 168 valence electrons. The fourth-order valence-electron chi connectivity index (χ4n) is 3.84. The number of nitrogens with zero attached hydrogens (tertiary/aromatic N) is 2. The number of aryl methyl sites for hydroxylation is 1. The molecule has 1 atom stereocenters. The summed E-state index contributed by atoms with van der Waals surface area (Å²) >= 11 is 1.54. The van der Waals surface area contributed by atoms with Crippen LogP contribution in [0.25, 0.3) is 11.3 Å². The standard InChI is InChI=1S/C23H20N4O5S/c1-13-24-17(11-33-13)14-4-3-5-16(8-14)25-20(28)10-27-21(29)23(2,26-22(27)30)15-6-7-18-19(9-15)32-12-31-18/h3-9,11H,10,12H2,1-2H3,(H,25,28)(H,26,30)/t23-/m1/s1. The van der Waals surface area contributed by atoms with Crippen LogP contribution in [0.15, 0.2) is 47.8 Å². The minimum absolute atomic E-state index is 0.103. The third kappa shape index (κ3) is 3.78. The lowest BCUT2D eigenvalue weighted by Crippen LogP contribution is -2.42. The van der Waals surface area contributed by atoms with Crippen LogP contribution in [0.3, 0.4) is 0 Å². The van der Waals surface area contributed by atoms with E-state index in [1.807, 2.05) is 24.4 Å². The highest BCUT2D eigenvalue weighted by atomic mass is 32.1. The molecular formula is C23H20N4O5S. The smallest absolute Gasteiger partial charge is 0.325 e. The van der Waals surface area contributed by atoms with Crippen LogP contribution in [0, 0.1) is 6.92 Å².